The van der Waals surface area contributed by atoms with Crippen LogP contribution < -0.4 is 14.0 Å². The number of halogens is 18. The van der Waals surface area contributed by atoms with Crippen molar-refractivity contribution in [2.45, 2.75) is 123 Å². The minimum Gasteiger partial charge on any atom is -0.490 e. The Morgan fingerprint density at radius 3 is 1.10 bits per heavy atom. The Morgan fingerprint density at radius 1 is 0.463 bits per heavy atom. The Balaban J connectivity index is 2.69. The molecule has 3 rings (SSSR count). The van der Waals surface area contributed by atoms with Crippen LogP contribution in [-0.2, 0) is 57.0 Å². The van der Waals surface area contributed by atoms with E-state index >= 15 is 13.2 Å². The average molecular weight is 1000 g/mol. The van der Waals surface area contributed by atoms with Gasteiger partial charge in [0, 0.05) is 20.8 Å². The van der Waals surface area contributed by atoms with Gasteiger partial charge in [-0.2, -0.15) is 79.0 Å². The van der Waals surface area contributed by atoms with Crippen molar-refractivity contribution in [1.29, 1.82) is 0 Å². The van der Waals surface area contributed by atoms with E-state index in [0.29, 0.717) is 12.8 Å². The highest BCUT2D eigenvalue weighted by atomic mass is 19.4. The molecule has 26 heteroatoms. The first-order chi connectivity index (χ1) is 30.5. The normalized spacial score (nSPS) is 16.0. The fraction of sp³-hybridized carbons (Fsp3) is 0.561. The molecule has 0 saturated carbocycles. The molecule has 3 aromatic carbocycles. The largest absolute Gasteiger partial charge is 0.864 e. The van der Waals surface area contributed by atoms with Gasteiger partial charge in [-0.15, -0.1) is 0 Å². The summed E-state index contributed by atoms with van der Waals surface area (Å²) in [7, 11) is -3.42. The van der Waals surface area contributed by atoms with E-state index in [2.05, 4.69) is 0 Å². The highest BCUT2D eigenvalue weighted by Gasteiger charge is 2.61. The Morgan fingerprint density at radius 2 is 0.806 bits per heavy atom. The zero-order valence-corrected chi connectivity index (χ0v) is 36.5. The molecule has 67 heavy (non-hydrogen) atoms. The topological polar surface area (TPSA) is 55.4 Å². The summed E-state index contributed by atoms with van der Waals surface area (Å²) in [6, 6.07) is -2.13. The number of benzene rings is 3. The average Bonchev–Trinajstić information content (AvgIpc) is 3.19. The Hall–Kier alpha value is -4.30. The van der Waals surface area contributed by atoms with Crippen molar-refractivity contribution < 1.29 is 112 Å². The second-order valence-electron chi connectivity index (χ2n) is 15.0. The Kier molecular flexibility index (Phi) is 18.0. The molecular formula is C41H45BF18NO6+. The van der Waals surface area contributed by atoms with E-state index in [4.69, 9.17) is 28.2 Å². The first-order valence-electron chi connectivity index (χ1n) is 20.2. The van der Waals surface area contributed by atoms with Crippen molar-refractivity contribution in [2.75, 3.05) is 26.4 Å². The van der Waals surface area contributed by atoms with Gasteiger partial charge in [-0.3, -0.25) is 0 Å². The molecule has 0 fully saturated rings. The predicted molar refractivity (Wildman–Crippen MR) is 203 cm³/mol. The number of rotatable bonds is 20. The summed E-state index contributed by atoms with van der Waals surface area (Å²) in [6.45, 7) is 8.90. The van der Waals surface area contributed by atoms with Crippen LogP contribution in [0.25, 0.3) is 0 Å². The summed E-state index contributed by atoms with van der Waals surface area (Å²) >= 11 is 0. The molecular weight excluding hydrogens is 955 g/mol. The molecule has 0 spiro atoms. The maximum absolute atomic E-state index is 15.6. The summed E-state index contributed by atoms with van der Waals surface area (Å²) < 4.78 is 291. The molecule has 0 N–H and O–H groups in total. The fourth-order valence-electron chi connectivity index (χ4n) is 7.31. The van der Waals surface area contributed by atoms with Crippen molar-refractivity contribution in [3.8, 4) is 17.2 Å². The van der Waals surface area contributed by atoms with Gasteiger partial charge in [-0.25, -0.2) is 4.48 Å². The van der Waals surface area contributed by atoms with Crippen LogP contribution in [-0.4, -0.2) is 50.6 Å². The lowest BCUT2D eigenvalue weighted by Crippen LogP contribution is -2.71. The van der Waals surface area contributed by atoms with Gasteiger partial charge in [0.2, 0.25) is 5.72 Å². The van der Waals surface area contributed by atoms with Crippen molar-refractivity contribution in [1.82, 2.24) is 0 Å². The van der Waals surface area contributed by atoms with E-state index in [-0.39, 0.29) is 62.6 Å². The predicted octanol–water partition coefficient (Wildman–Crippen LogP) is 14.3. The highest BCUT2D eigenvalue weighted by molar-refractivity contribution is 6.39. The van der Waals surface area contributed by atoms with Crippen LogP contribution in [0.2, 0.25) is 0 Å². The van der Waals surface area contributed by atoms with E-state index in [0.717, 1.165) is 6.92 Å². The number of hydrogen-bond donors (Lipinski definition) is 0. The van der Waals surface area contributed by atoms with E-state index in [1.165, 1.54) is 27.7 Å². The molecule has 0 bridgehead atoms. The van der Waals surface area contributed by atoms with E-state index in [1.54, 1.807) is 13.8 Å². The number of hydrogen-bond acceptors (Lipinski definition) is 6. The van der Waals surface area contributed by atoms with Crippen molar-refractivity contribution in [3.05, 3.63) is 87.5 Å². The molecule has 7 nitrogen and oxygen atoms in total. The minimum absolute atomic E-state index is 0.00507. The fourth-order valence-corrected chi connectivity index (χ4v) is 7.31. The summed E-state index contributed by atoms with van der Waals surface area (Å²) in [6.07, 6.45) is -36.2. The smallest absolute Gasteiger partial charge is 0.490 e. The molecule has 0 radical (unpaired) electrons. The molecule has 3 atom stereocenters. The lowest BCUT2D eigenvalue weighted by Gasteiger charge is -2.56. The highest BCUT2D eigenvalue weighted by Crippen LogP contribution is 2.53. The molecule has 3 unspecified atom stereocenters. The lowest BCUT2D eigenvalue weighted by atomic mass is 9.89. The van der Waals surface area contributed by atoms with E-state index < -0.39 is 142 Å². The monoisotopic (exact) mass is 1000 g/mol. The summed E-state index contributed by atoms with van der Waals surface area (Å²) in [5.41, 5.74) is -17.1. The molecule has 0 aliphatic carbocycles. The second kappa shape index (κ2) is 21.1. The molecule has 0 saturated heterocycles. The van der Waals surface area contributed by atoms with Gasteiger partial charge in [0.05, 0.1) is 65.3 Å². The third kappa shape index (κ3) is 13.7. The van der Waals surface area contributed by atoms with Crippen molar-refractivity contribution in [2.24, 2.45) is 0 Å². The Bertz CT molecular complexity index is 1950. The summed E-state index contributed by atoms with van der Waals surface area (Å²) in [5, 5.41) is 0. The number of nitrogens with zero attached hydrogens (tertiary/aromatic N) is 1. The molecule has 0 heterocycles. The summed E-state index contributed by atoms with van der Waals surface area (Å²) in [4.78, 5) is 0. The quantitative estimate of drug-likeness (QED) is 0.0487. The molecule has 0 aliphatic heterocycles. The maximum Gasteiger partial charge on any atom is 0.864 e. The SMILES string of the molecule is CCCOC(C)[N+](CC)(C(C)OCCC)C(C)(OCCC)c1c(OB(Oc2cc(C(F)(F)F)cc(C(F)(F)F)c2)Oc2cc(C(F)(F)F)cc(C(F)(F)F)c2)cc(C(F)(F)F)cc1C(F)(F)F. The molecule has 0 aromatic heterocycles. The number of alkyl halides is 18. The van der Waals surface area contributed by atoms with Gasteiger partial charge >= 0.3 is 44.4 Å². The maximum atomic E-state index is 15.6. The van der Waals surface area contributed by atoms with Crippen LogP contribution >= 0.6 is 0 Å². The van der Waals surface area contributed by atoms with Crippen LogP contribution in [0.1, 0.15) is 107 Å². The minimum atomic E-state index is -5.85. The van der Waals surface area contributed by atoms with Gasteiger partial charge < -0.3 is 28.2 Å². The zero-order chi connectivity index (χ0) is 51.4. The molecule has 0 amide bonds. The van der Waals surface area contributed by atoms with Crippen LogP contribution in [0, 0.1) is 0 Å². The van der Waals surface area contributed by atoms with Crippen LogP contribution in [0.15, 0.2) is 48.5 Å². The lowest BCUT2D eigenvalue weighted by molar-refractivity contribution is -1.07. The van der Waals surface area contributed by atoms with Gasteiger partial charge in [0.1, 0.15) is 17.2 Å². The van der Waals surface area contributed by atoms with Crippen LogP contribution in [0.4, 0.5) is 79.0 Å². The molecule has 3 aromatic rings. The van der Waals surface area contributed by atoms with Crippen LogP contribution in [0.5, 0.6) is 17.2 Å². The summed E-state index contributed by atoms with van der Waals surface area (Å²) in [5.74, 6) is -4.98. The first-order valence-corrected chi connectivity index (χ1v) is 20.2. The zero-order valence-electron chi connectivity index (χ0n) is 36.5. The molecule has 378 valence electrons. The van der Waals surface area contributed by atoms with Crippen molar-refractivity contribution in [3.63, 3.8) is 0 Å². The van der Waals surface area contributed by atoms with Gasteiger partial charge in [0.15, 0.2) is 12.5 Å². The standard InChI is InChI=1S/C41H45BF18NO6/c1-8-12-62-23(5)61(11-4,24(6)63-13-9-2)35(7,64-14-10-3)34-32(41(58,59)60)21-29(40(55,56)57)22-33(34)67-42(65-30-17-25(36(43,44)45)15-26(18-30)37(46,47)48)66-31-19-27(38(49,50)51)16-28(20-31)39(52,53)54/h15-24H,8-14H2,1-7H3/q+1. The third-order valence-corrected chi connectivity index (χ3v) is 10.3. The third-order valence-electron chi connectivity index (χ3n) is 10.3. The van der Waals surface area contributed by atoms with Gasteiger partial charge in [0.25, 0.3) is 0 Å². The van der Waals surface area contributed by atoms with E-state index in [9.17, 15) is 65.9 Å². The van der Waals surface area contributed by atoms with Crippen molar-refractivity contribution >= 4 is 7.32 Å². The first kappa shape index (κ1) is 57.0. The Labute approximate surface area is 372 Å². The van der Waals surface area contributed by atoms with Gasteiger partial charge in [-0.1, -0.05) is 20.8 Å². The second-order valence-corrected chi connectivity index (χ2v) is 15.0. The number of quaternary nitrogens is 1. The van der Waals surface area contributed by atoms with Crippen LogP contribution in [0.3, 0.4) is 0 Å². The molecule has 0 aliphatic rings. The number of ether oxygens (including phenoxy) is 3. The van der Waals surface area contributed by atoms with E-state index in [1.807, 2.05) is 0 Å². The van der Waals surface area contributed by atoms with Gasteiger partial charge in [-0.05, 0) is 74.7 Å².